The van der Waals surface area contributed by atoms with Gasteiger partial charge in [-0.2, -0.15) is 0 Å². The SMILES string of the molecule is CC1(C)c2ccccc2-c2c1ccc1c3ccccc3n(-c3cccc(-c4nc(-c5ccccc5)c5c(n4)-c4ccccc4C5(C)C)c3)c21.CC1(C)c2ccccc2-c2nc(-c3cccc(-n4c5c(c6ccc7c(c8ccccc8n7-c7ccccc7)c64)C=CCC5)c3)nc(-c3ccccc3)c21.CC1(C)c2ccccc2-c2nc(-c3ccccc3-n3c4ccccc4c4ccc5oc6ccccc6c5c43)nc(-c3ccccc3)c21. The first-order valence-corrected chi connectivity index (χ1v) is 51.9. The number of para-hydroxylation sites is 6. The predicted molar refractivity (Wildman–Crippen MR) is 613 cm³/mol. The van der Waals surface area contributed by atoms with Crippen molar-refractivity contribution in [3.05, 3.63) is 486 Å². The molecule has 18 aromatic carbocycles. The van der Waals surface area contributed by atoms with Gasteiger partial charge in [0.25, 0.3) is 0 Å². The van der Waals surface area contributed by atoms with E-state index in [4.69, 9.17) is 34.3 Å². The molecule has 0 spiro atoms. The number of aromatic nitrogens is 10. The summed E-state index contributed by atoms with van der Waals surface area (Å²) in [5.74, 6) is 2.19. The van der Waals surface area contributed by atoms with Crippen LogP contribution in [0.25, 0.3) is 240 Å². The third-order valence-corrected chi connectivity index (χ3v) is 32.7. The summed E-state index contributed by atoms with van der Waals surface area (Å²) in [6.07, 6.45) is 6.64. The number of furan rings is 1. The van der Waals surface area contributed by atoms with E-state index in [0.29, 0.717) is 5.82 Å². The molecular weight excluding hydrogens is 1810 g/mol. The Labute approximate surface area is 862 Å². The minimum Gasteiger partial charge on any atom is -0.456 e. The van der Waals surface area contributed by atoms with Gasteiger partial charge in [-0.15, -0.1) is 0 Å². The van der Waals surface area contributed by atoms with E-state index in [1.165, 1.54) is 149 Å². The fourth-order valence-electron chi connectivity index (χ4n) is 26.0. The number of nitrogens with zero attached hydrogens (tertiary/aromatic N) is 10. The van der Waals surface area contributed by atoms with Crippen LogP contribution in [0.2, 0.25) is 0 Å². The Morgan fingerprint density at radius 3 is 1.19 bits per heavy atom. The van der Waals surface area contributed by atoms with Crippen LogP contribution in [0.3, 0.4) is 0 Å². The highest BCUT2D eigenvalue weighted by Gasteiger charge is 2.45. The summed E-state index contributed by atoms with van der Waals surface area (Å²) in [4.78, 5) is 32.5. The minimum atomic E-state index is -0.240. The zero-order valence-corrected chi connectivity index (χ0v) is 83.9. The molecule has 11 nitrogen and oxygen atoms in total. The van der Waals surface area contributed by atoms with Crippen LogP contribution >= 0.6 is 0 Å². The highest BCUT2D eigenvalue weighted by Crippen LogP contribution is 2.59. The molecule has 0 amide bonds. The second-order valence-electron chi connectivity index (χ2n) is 42.5. The molecule has 0 fully saturated rings. The molecule has 26 aromatic rings. The summed E-state index contributed by atoms with van der Waals surface area (Å²) in [7, 11) is 0. The molecule has 0 saturated carbocycles. The van der Waals surface area contributed by atoms with Crippen LogP contribution in [0.1, 0.15) is 118 Å². The first-order valence-electron chi connectivity index (χ1n) is 51.9. The van der Waals surface area contributed by atoms with E-state index in [1.54, 1.807) is 0 Å². The van der Waals surface area contributed by atoms with Crippen LogP contribution < -0.4 is 0 Å². The second-order valence-corrected chi connectivity index (χ2v) is 42.5. The molecule has 149 heavy (non-hydrogen) atoms. The van der Waals surface area contributed by atoms with Crippen molar-refractivity contribution in [2.24, 2.45) is 0 Å². The Morgan fingerprint density at radius 2 is 0.638 bits per heavy atom. The summed E-state index contributed by atoms with van der Waals surface area (Å²) < 4.78 is 16.2. The fraction of sp³-hybridized carbons (Fsp3) is 0.101. The maximum atomic E-state index is 6.39. The second kappa shape index (κ2) is 33.1. The Balaban J connectivity index is 0.000000105. The smallest absolute Gasteiger partial charge is 0.162 e. The number of fused-ring (bicyclic) bond motifs is 30. The zero-order chi connectivity index (χ0) is 99.6. The summed E-state index contributed by atoms with van der Waals surface area (Å²) in [6, 6.07) is 152. The van der Waals surface area contributed by atoms with Crippen molar-refractivity contribution in [2.45, 2.75) is 89.9 Å². The Bertz CT molecular complexity index is 10200. The van der Waals surface area contributed by atoms with E-state index in [1.807, 2.05) is 12.1 Å². The number of benzene rings is 18. The normalized spacial score (nSPS) is 14.2. The van der Waals surface area contributed by atoms with Gasteiger partial charge in [0.1, 0.15) is 11.2 Å². The van der Waals surface area contributed by atoms with Crippen molar-refractivity contribution >= 4 is 104 Å². The van der Waals surface area contributed by atoms with Gasteiger partial charge < -0.3 is 22.7 Å². The van der Waals surface area contributed by atoms with Gasteiger partial charge >= 0.3 is 0 Å². The first-order chi connectivity index (χ1) is 73.0. The largest absolute Gasteiger partial charge is 0.456 e. The van der Waals surface area contributed by atoms with Crippen LogP contribution in [-0.4, -0.2) is 48.2 Å². The summed E-state index contributed by atoms with van der Waals surface area (Å²) in [6.45, 7) is 18.5. The first kappa shape index (κ1) is 87.3. The molecule has 0 bridgehead atoms. The molecule has 0 saturated heterocycles. The third kappa shape index (κ3) is 13.0. The number of allylic oxidation sites excluding steroid dienone is 1. The van der Waals surface area contributed by atoms with Crippen molar-refractivity contribution in [1.82, 2.24) is 48.2 Å². The molecule has 708 valence electrons. The van der Waals surface area contributed by atoms with Gasteiger partial charge in [0.15, 0.2) is 17.5 Å². The summed E-state index contributed by atoms with van der Waals surface area (Å²) in [5, 5.41) is 10.9. The number of hydrogen-bond donors (Lipinski definition) is 0. The lowest BCUT2D eigenvalue weighted by molar-refractivity contribution is 0.657. The summed E-state index contributed by atoms with van der Waals surface area (Å²) in [5.41, 5.74) is 45.2. The highest BCUT2D eigenvalue weighted by atomic mass is 16.3. The topological polar surface area (TPSA) is 110 Å². The van der Waals surface area contributed by atoms with Crippen LogP contribution in [-0.2, 0) is 28.1 Å². The molecule has 5 aliphatic rings. The van der Waals surface area contributed by atoms with Gasteiger partial charge in [0.2, 0.25) is 0 Å². The molecule has 0 radical (unpaired) electrons. The van der Waals surface area contributed by atoms with Crippen LogP contribution in [0.5, 0.6) is 0 Å². The van der Waals surface area contributed by atoms with Crippen LogP contribution in [0, 0.1) is 0 Å². The average Bonchev–Trinajstić information content (AvgIpc) is 1.52. The molecule has 0 atom stereocenters. The number of hydrogen-bond acceptors (Lipinski definition) is 7. The van der Waals surface area contributed by atoms with Crippen LogP contribution in [0.4, 0.5) is 0 Å². The van der Waals surface area contributed by atoms with Crippen LogP contribution in [0.15, 0.2) is 435 Å². The molecule has 5 aliphatic carbocycles. The molecule has 31 rings (SSSR count). The van der Waals surface area contributed by atoms with E-state index >= 15 is 0 Å². The molecular formula is C138H100N10O. The Morgan fingerprint density at radius 1 is 0.242 bits per heavy atom. The Hall–Kier alpha value is -18.3. The molecule has 0 unspecified atom stereocenters. The van der Waals surface area contributed by atoms with Gasteiger partial charge in [0, 0.05) is 165 Å². The van der Waals surface area contributed by atoms with Gasteiger partial charge in [-0.3, -0.25) is 0 Å². The fourth-order valence-corrected chi connectivity index (χ4v) is 26.0. The lowest BCUT2D eigenvalue weighted by atomic mass is 9.81. The molecule has 0 N–H and O–H groups in total. The lowest BCUT2D eigenvalue weighted by Crippen LogP contribution is -2.17. The maximum absolute atomic E-state index is 6.39. The maximum Gasteiger partial charge on any atom is 0.162 e. The highest BCUT2D eigenvalue weighted by molar-refractivity contribution is 6.26. The third-order valence-electron chi connectivity index (χ3n) is 32.7. The van der Waals surface area contributed by atoms with Crippen molar-refractivity contribution in [1.29, 1.82) is 0 Å². The van der Waals surface area contributed by atoms with Gasteiger partial charge in [-0.05, 0) is 137 Å². The molecule has 0 aliphatic heterocycles. The van der Waals surface area contributed by atoms with Crippen molar-refractivity contribution in [3.8, 4) is 136 Å². The quantitative estimate of drug-likeness (QED) is 0.134. The van der Waals surface area contributed by atoms with E-state index < -0.39 is 0 Å². The van der Waals surface area contributed by atoms with Gasteiger partial charge in [0.05, 0.1) is 83.9 Å². The molecule has 11 heteroatoms. The molecule has 8 aromatic heterocycles. The van der Waals surface area contributed by atoms with Gasteiger partial charge in [-0.25, -0.2) is 29.9 Å². The van der Waals surface area contributed by atoms with Crippen molar-refractivity contribution in [3.63, 3.8) is 0 Å². The van der Waals surface area contributed by atoms with E-state index in [0.717, 1.165) is 148 Å². The van der Waals surface area contributed by atoms with Crippen molar-refractivity contribution < 1.29 is 4.42 Å². The Kier molecular flexibility index (Phi) is 19.4. The van der Waals surface area contributed by atoms with Crippen molar-refractivity contribution in [2.75, 3.05) is 0 Å². The zero-order valence-electron chi connectivity index (χ0n) is 83.9. The summed E-state index contributed by atoms with van der Waals surface area (Å²) >= 11 is 0. The predicted octanol–water partition coefficient (Wildman–Crippen LogP) is 34.8. The lowest BCUT2D eigenvalue weighted by Gasteiger charge is -2.24. The standard InChI is InChI=1S/C49H36N4.C46H35N3.C43H29N3O/c1-49(2)39-25-12-9-23-37(39)46-44(49)45(31-16-5-3-6-17-31)50-48(51-46)32-18-15-21-34(30-32)53-40-26-13-10-22-35(40)36-28-29-42-43(47(36)53)38-24-11-14-27-41(38)52(42)33-19-7-4-8-20-33;1-45(2)35-22-11-8-20-33(35)39-37(45)26-25-32-31-19-10-13-24-38(31)49(43(32)39)30-18-14-17-29(27-30)44-47-41(28-15-6-5-7-16-28)40-42(48-44)34-21-9-12-23-36(34)46(40,3)4;1-43(2)32-20-10-6-17-29(32)40-38(43)39(26-14-4-3-5-15-26)44-42(45-40)30-18-8-12-22-34(30)46-33-21-11-7-16-27(33)28-24-25-36-37(41(28)46)31-19-9-13-23-35(31)47-36/h3-12,14-25,27-30H,13,26H2,1-2H3;5-27H,1-4H3;3-25H,1-2H3. The van der Waals surface area contributed by atoms with E-state index in [2.05, 4.69) is 498 Å². The minimum absolute atomic E-state index is 0.0839. The van der Waals surface area contributed by atoms with Gasteiger partial charge in [-0.1, -0.05) is 401 Å². The monoisotopic (exact) mass is 1910 g/mol. The number of rotatable bonds is 10. The van der Waals surface area contributed by atoms with E-state index in [9.17, 15) is 0 Å². The molecule has 8 heterocycles. The van der Waals surface area contributed by atoms with E-state index in [-0.39, 0.29) is 21.7 Å². The average molecular weight is 1910 g/mol.